The molecule has 4 aliphatic rings. The number of benzene rings is 3. The van der Waals surface area contributed by atoms with Gasteiger partial charge in [-0.1, -0.05) is 43.2 Å². The fraction of sp³-hybridized carbons (Fsp3) is 0.420. The van der Waals surface area contributed by atoms with Gasteiger partial charge in [0.2, 0.25) is 0 Å². The number of amides is 1. The molecule has 6 aromatic rings. The highest BCUT2D eigenvalue weighted by Crippen LogP contribution is 2.43. The van der Waals surface area contributed by atoms with Crippen LogP contribution < -0.4 is 14.9 Å². The number of anilines is 2. The van der Waals surface area contributed by atoms with Crippen LogP contribution >= 0.6 is 11.6 Å². The van der Waals surface area contributed by atoms with E-state index in [1.54, 1.807) is 23.1 Å². The van der Waals surface area contributed by atoms with E-state index in [9.17, 15) is 23.3 Å². The summed E-state index contributed by atoms with van der Waals surface area (Å²) in [4.78, 5) is 40.7. The average molecular weight is 962 g/mol. The fourth-order valence-corrected chi connectivity index (χ4v) is 11.6. The molecule has 3 saturated heterocycles. The van der Waals surface area contributed by atoms with Crippen LogP contribution in [0.3, 0.4) is 0 Å². The van der Waals surface area contributed by atoms with Crippen molar-refractivity contribution in [2.45, 2.75) is 63.3 Å². The second-order valence-electron chi connectivity index (χ2n) is 19.5. The minimum absolute atomic E-state index is 0.0520. The minimum atomic E-state index is -4.58. The molecule has 1 amide bonds. The van der Waals surface area contributed by atoms with Crippen LogP contribution in [-0.2, 0) is 14.8 Å². The van der Waals surface area contributed by atoms with Gasteiger partial charge in [0, 0.05) is 93.4 Å². The number of sulfonamides is 1. The number of likely N-dealkylation sites (tertiary alicyclic amines) is 1. The number of hydrogen-bond donors (Lipinski definition) is 3. The number of piperazine rings is 1. The SMILES string of the molecule is CC1(C)CCC(CN2CCN(c3ccc(C(=O)NS(=O)(=O)c4ccc(NCC5CCN(C6CCOCC6)C5)c([N+](=O)[O-])c4)c(-n4ncc5nc6[nH]ccc6cc54)c3)CC2)=C(c2ccc(Cl)cc2)C1. The van der Waals surface area contributed by atoms with E-state index in [-0.39, 0.29) is 22.6 Å². The molecule has 0 radical (unpaired) electrons. The summed E-state index contributed by atoms with van der Waals surface area (Å²) in [6.45, 7) is 12.6. The number of aromatic nitrogens is 4. The van der Waals surface area contributed by atoms with Crippen molar-refractivity contribution in [3.05, 3.63) is 117 Å². The molecule has 3 aliphatic heterocycles. The van der Waals surface area contributed by atoms with Gasteiger partial charge in [-0.05, 0) is 122 Å². The van der Waals surface area contributed by atoms with E-state index >= 15 is 0 Å². The van der Waals surface area contributed by atoms with Gasteiger partial charge in [-0.2, -0.15) is 5.10 Å². The molecule has 18 heteroatoms. The number of H-pyrrole nitrogens is 1. The Kier molecular flexibility index (Phi) is 12.8. The number of carbonyl (C=O) groups is 1. The normalized spacial score (nSPS) is 19.8. The van der Waals surface area contributed by atoms with E-state index < -0.39 is 31.4 Å². The van der Waals surface area contributed by atoms with Gasteiger partial charge in [-0.15, -0.1) is 0 Å². The number of carbonyl (C=O) groups excluding carboxylic acids is 1. The zero-order chi connectivity index (χ0) is 47.2. The summed E-state index contributed by atoms with van der Waals surface area (Å²) in [5.41, 5.74) is 7.34. The van der Waals surface area contributed by atoms with Crippen LogP contribution in [0.25, 0.3) is 33.3 Å². The van der Waals surface area contributed by atoms with Gasteiger partial charge in [-0.3, -0.25) is 24.7 Å². The summed E-state index contributed by atoms with van der Waals surface area (Å²) in [5.74, 6) is -0.620. The number of allylic oxidation sites excluding steroid dienone is 1. The molecule has 0 bridgehead atoms. The molecule has 356 valence electrons. The third kappa shape index (κ3) is 9.72. The number of aromatic amines is 1. The Morgan fingerprint density at radius 3 is 2.56 bits per heavy atom. The van der Waals surface area contributed by atoms with Gasteiger partial charge in [0.15, 0.2) is 0 Å². The molecule has 6 heterocycles. The Bertz CT molecular complexity index is 3010. The number of rotatable bonds is 13. The lowest BCUT2D eigenvalue weighted by atomic mass is 9.72. The van der Waals surface area contributed by atoms with Crippen molar-refractivity contribution in [3.8, 4) is 5.69 Å². The summed E-state index contributed by atoms with van der Waals surface area (Å²) in [6.07, 6.45) is 9.58. The number of nitrogens with one attached hydrogen (secondary N) is 3. The van der Waals surface area contributed by atoms with E-state index in [1.165, 1.54) is 28.8 Å². The predicted molar refractivity (Wildman–Crippen MR) is 265 cm³/mol. The molecule has 3 N–H and O–H groups in total. The second-order valence-corrected chi connectivity index (χ2v) is 21.6. The average Bonchev–Trinajstić information content (AvgIpc) is 4.11. The Morgan fingerprint density at radius 2 is 1.78 bits per heavy atom. The first-order chi connectivity index (χ1) is 32.8. The van der Waals surface area contributed by atoms with Crippen molar-refractivity contribution >= 4 is 72.2 Å². The minimum Gasteiger partial charge on any atom is -0.381 e. The van der Waals surface area contributed by atoms with Crippen molar-refractivity contribution in [3.63, 3.8) is 0 Å². The van der Waals surface area contributed by atoms with Gasteiger partial charge in [0.05, 0.1) is 32.8 Å². The van der Waals surface area contributed by atoms with Gasteiger partial charge in [0.25, 0.3) is 21.6 Å². The van der Waals surface area contributed by atoms with Crippen LogP contribution in [0, 0.1) is 21.4 Å². The van der Waals surface area contributed by atoms with Crippen LogP contribution in [0.5, 0.6) is 0 Å². The van der Waals surface area contributed by atoms with E-state index in [1.807, 2.05) is 36.4 Å². The number of halogens is 1. The van der Waals surface area contributed by atoms with Crippen molar-refractivity contribution < 1.29 is 22.9 Å². The van der Waals surface area contributed by atoms with Gasteiger partial charge in [-0.25, -0.2) is 22.8 Å². The second kappa shape index (κ2) is 18.9. The predicted octanol–water partition coefficient (Wildman–Crippen LogP) is 8.28. The molecule has 1 aliphatic carbocycles. The van der Waals surface area contributed by atoms with Crippen LogP contribution in [0.4, 0.5) is 17.1 Å². The Morgan fingerprint density at radius 1 is 0.985 bits per heavy atom. The zero-order valence-corrected chi connectivity index (χ0v) is 40.0. The third-order valence-corrected chi connectivity index (χ3v) is 15.9. The summed E-state index contributed by atoms with van der Waals surface area (Å²) < 4.78 is 37.3. The Balaban J connectivity index is 0.879. The standard InChI is InChI=1S/C50H57ClN10O6S/c1-50(2)16-11-36(42(28-50)34-3-5-37(51)6-4-34)32-57-19-21-58(22-20-57)39-7-9-41(45(26-39)60-46-25-35-12-17-52-48(35)55-44(46)30-54-60)49(62)56-68(65,66)40-8-10-43(47(27-40)61(63)64)53-29-33-13-18-59(31-33)38-14-23-67-24-15-38/h3-10,12,17,25-27,30,33,38,53H,11,13-16,18-24,28-29,31-32H2,1-2H3,(H,52,55)(H,56,62). The molecule has 0 spiro atoms. The molecule has 3 aromatic heterocycles. The number of nitrogens with zero attached hydrogens (tertiary/aromatic N) is 7. The number of fused-ring (bicyclic) bond motifs is 2. The quantitative estimate of drug-likeness (QED) is 0.0745. The van der Waals surface area contributed by atoms with Crippen LogP contribution in [0.1, 0.15) is 68.3 Å². The highest BCUT2D eigenvalue weighted by atomic mass is 35.5. The molecule has 1 unspecified atom stereocenters. The molecular formula is C50H57ClN10O6S. The molecule has 3 aromatic carbocycles. The zero-order valence-electron chi connectivity index (χ0n) is 38.4. The molecule has 0 saturated carbocycles. The van der Waals surface area contributed by atoms with E-state index in [2.05, 4.69) is 60.8 Å². The van der Waals surface area contributed by atoms with Gasteiger partial charge < -0.3 is 19.9 Å². The number of nitro benzene ring substituents is 1. The Labute approximate surface area is 400 Å². The van der Waals surface area contributed by atoms with Gasteiger partial charge in [0.1, 0.15) is 16.9 Å². The highest BCUT2D eigenvalue weighted by molar-refractivity contribution is 7.90. The van der Waals surface area contributed by atoms with Gasteiger partial charge >= 0.3 is 0 Å². The van der Waals surface area contributed by atoms with Crippen LogP contribution in [-0.4, -0.2) is 120 Å². The lowest BCUT2D eigenvalue weighted by Gasteiger charge is -2.39. The third-order valence-electron chi connectivity index (χ3n) is 14.4. The first-order valence-electron chi connectivity index (χ1n) is 23.6. The lowest BCUT2D eigenvalue weighted by molar-refractivity contribution is -0.384. The number of nitro groups is 1. The monoisotopic (exact) mass is 960 g/mol. The number of hydrogen-bond acceptors (Lipinski definition) is 12. The topological polar surface area (TPSA) is 184 Å². The first kappa shape index (κ1) is 45.9. The summed E-state index contributed by atoms with van der Waals surface area (Å²) in [6, 6.07) is 21.5. The highest BCUT2D eigenvalue weighted by Gasteiger charge is 2.32. The molecule has 1 atom stereocenters. The van der Waals surface area contributed by atoms with E-state index in [0.29, 0.717) is 35.0 Å². The maximum absolute atomic E-state index is 14.3. The molecule has 10 rings (SSSR count). The summed E-state index contributed by atoms with van der Waals surface area (Å²) >= 11 is 6.27. The summed E-state index contributed by atoms with van der Waals surface area (Å²) in [5, 5.41) is 21.8. The maximum atomic E-state index is 14.3. The summed E-state index contributed by atoms with van der Waals surface area (Å²) in [7, 11) is -4.58. The van der Waals surface area contributed by atoms with Crippen molar-refractivity contribution in [2.75, 3.05) is 75.8 Å². The van der Waals surface area contributed by atoms with Crippen LogP contribution in [0.2, 0.25) is 5.02 Å². The lowest BCUT2D eigenvalue weighted by Crippen LogP contribution is -2.47. The fourth-order valence-electron chi connectivity index (χ4n) is 10.5. The van der Waals surface area contributed by atoms with Crippen molar-refractivity contribution in [1.29, 1.82) is 0 Å². The van der Waals surface area contributed by atoms with Crippen LogP contribution in [0.15, 0.2) is 95.7 Å². The van der Waals surface area contributed by atoms with E-state index in [4.69, 9.17) is 21.3 Å². The first-order valence-corrected chi connectivity index (χ1v) is 25.4. The van der Waals surface area contributed by atoms with Crippen molar-refractivity contribution in [1.82, 2.24) is 34.3 Å². The molecular weight excluding hydrogens is 904 g/mol. The number of pyridine rings is 1. The molecule has 16 nitrogen and oxygen atoms in total. The smallest absolute Gasteiger partial charge is 0.293 e. The number of ether oxygens (including phenoxy) is 1. The maximum Gasteiger partial charge on any atom is 0.293 e. The Hall–Kier alpha value is -5.85. The molecule has 68 heavy (non-hydrogen) atoms. The molecule has 3 fully saturated rings. The van der Waals surface area contributed by atoms with E-state index in [0.717, 1.165) is 120 Å². The largest absolute Gasteiger partial charge is 0.381 e. The van der Waals surface area contributed by atoms with Crippen molar-refractivity contribution in [2.24, 2.45) is 11.3 Å².